The van der Waals surface area contributed by atoms with Gasteiger partial charge in [-0.05, 0) is 37.5 Å². The summed E-state index contributed by atoms with van der Waals surface area (Å²) < 4.78 is 0. The Balaban J connectivity index is 2.06. The SMILES string of the molecule is Cc1ccc(C(=O)NC2CCCCCC2)c(NN)c1. The Hall–Kier alpha value is -1.55. The van der Waals surface area contributed by atoms with Crippen LogP contribution in [0.3, 0.4) is 0 Å². The first-order valence-corrected chi connectivity index (χ1v) is 7.09. The van der Waals surface area contributed by atoms with Crippen molar-refractivity contribution in [2.75, 3.05) is 5.43 Å². The van der Waals surface area contributed by atoms with Crippen LogP contribution in [0.5, 0.6) is 0 Å². The Bertz CT molecular complexity index is 437. The highest BCUT2D eigenvalue weighted by molar-refractivity contribution is 5.99. The molecular weight excluding hydrogens is 238 g/mol. The Morgan fingerprint density at radius 3 is 2.53 bits per heavy atom. The summed E-state index contributed by atoms with van der Waals surface area (Å²) in [7, 11) is 0. The second-order valence-electron chi connectivity index (χ2n) is 5.36. The van der Waals surface area contributed by atoms with E-state index in [-0.39, 0.29) is 5.91 Å². The second-order valence-corrected chi connectivity index (χ2v) is 5.36. The molecule has 1 aromatic rings. The minimum absolute atomic E-state index is 0.0279. The van der Waals surface area contributed by atoms with Crippen molar-refractivity contribution >= 4 is 11.6 Å². The molecule has 4 N–H and O–H groups in total. The van der Waals surface area contributed by atoms with Gasteiger partial charge in [0.2, 0.25) is 0 Å². The monoisotopic (exact) mass is 261 g/mol. The molecular formula is C15H23N3O. The Morgan fingerprint density at radius 2 is 1.89 bits per heavy atom. The number of hydrazine groups is 1. The van der Waals surface area contributed by atoms with Crippen molar-refractivity contribution in [3.63, 3.8) is 0 Å². The fourth-order valence-electron chi connectivity index (χ4n) is 2.66. The van der Waals surface area contributed by atoms with Crippen LogP contribution in [0.15, 0.2) is 18.2 Å². The zero-order chi connectivity index (χ0) is 13.7. The Kier molecular flexibility index (Phi) is 4.80. The fraction of sp³-hybridized carbons (Fsp3) is 0.533. The number of aryl methyl sites for hydroxylation is 1. The van der Waals surface area contributed by atoms with Gasteiger partial charge in [0.15, 0.2) is 0 Å². The van der Waals surface area contributed by atoms with Crippen molar-refractivity contribution < 1.29 is 4.79 Å². The maximum atomic E-state index is 12.3. The third-order valence-corrected chi connectivity index (χ3v) is 3.77. The zero-order valence-corrected chi connectivity index (χ0v) is 11.5. The molecule has 0 saturated heterocycles. The third kappa shape index (κ3) is 3.70. The summed E-state index contributed by atoms with van der Waals surface area (Å²) in [5.41, 5.74) is 5.00. The molecule has 0 bridgehead atoms. The molecule has 4 nitrogen and oxygen atoms in total. The van der Waals surface area contributed by atoms with Crippen LogP contribution in [0, 0.1) is 6.92 Å². The van der Waals surface area contributed by atoms with E-state index in [4.69, 9.17) is 5.84 Å². The van der Waals surface area contributed by atoms with E-state index in [1.807, 2.05) is 25.1 Å². The van der Waals surface area contributed by atoms with Crippen LogP contribution in [-0.4, -0.2) is 11.9 Å². The first-order chi connectivity index (χ1) is 9.20. The summed E-state index contributed by atoms with van der Waals surface area (Å²) in [6.07, 6.45) is 7.16. The molecule has 4 heteroatoms. The molecule has 0 radical (unpaired) electrons. The summed E-state index contributed by atoms with van der Waals surface area (Å²) in [6, 6.07) is 5.96. The van der Waals surface area contributed by atoms with Gasteiger partial charge in [0.05, 0.1) is 11.3 Å². The van der Waals surface area contributed by atoms with Crippen molar-refractivity contribution in [2.24, 2.45) is 5.84 Å². The normalized spacial score (nSPS) is 16.7. The van der Waals surface area contributed by atoms with E-state index in [9.17, 15) is 4.79 Å². The van der Waals surface area contributed by atoms with Crippen molar-refractivity contribution in [1.29, 1.82) is 0 Å². The lowest BCUT2D eigenvalue weighted by Gasteiger charge is -2.17. The molecule has 1 saturated carbocycles. The molecule has 0 aromatic heterocycles. The Morgan fingerprint density at radius 1 is 1.21 bits per heavy atom. The third-order valence-electron chi connectivity index (χ3n) is 3.77. The molecule has 0 atom stereocenters. The van der Waals surface area contributed by atoms with Gasteiger partial charge in [-0.25, -0.2) is 0 Å². The predicted molar refractivity (Wildman–Crippen MR) is 77.9 cm³/mol. The molecule has 1 aromatic carbocycles. The fourth-order valence-corrected chi connectivity index (χ4v) is 2.66. The highest BCUT2D eigenvalue weighted by Gasteiger charge is 2.17. The number of rotatable bonds is 3. The van der Waals surface area contributed by atoms with Crippen LogP contribution in [0.4, 0.5) is 5.69 Å². The second kappa shape index (κ2) is 6.57. The highest BCUT2D eigenvalue weighted by atomic mass is 16.1. The zero-order valence-electron chi connectivity index (χ0n) is 11.5. The molecule has 0 unspecified atom stereocenters. The van der Waals surface area contributed by atoms with Crippen LogP contribution < -0.4 is 16.6 Å². The number of anilines is 1. The van der Waals surface area contributed by atoms with E-state index >= 15 is 0 Å². The van der Waals surface area contributed by atoms with Crippen LogP contribution in [0.2, 0.25) is 0 Å². The number of carbonyl (C=O) groups is 1. The van der Waals surface area contributed by atoms with Crippen LogP contribution >= 0.6 is 0 Å². The van der Waals surface area contributed by atoms with Crippen LogP contribution in [0.1, 0.15) is 54.4 Å². The van der Waals surface area contributed by atoms with Gasteiger partial charge in [-0.3, -0.25) is 10.6 Å². The van der Waals surface area contributed by atoms with Gasteiger partial charge >= 0.3 is 0 Å². The molecule has 104 valence electrons. The average Bonchev–Trinajstić information content (AvgIpc) is 2.67. The number of hydrogen-bond donors (Lipinski definition) is 3. The summed E-state index contributed by atoms with van der Waals surface area (Å²) in [5, 5.41) is 3.13. The van der Waals surface area contributed by atoms with Gasteiger partial charge < -0.3 is 10.7 Å². The minimum Gasteiger partial charge on any atom is -0.349 e. The number of carbonyl (C=O) groups excluding carboxylic acids is 1. The standard InChI is InChI=1S/C15H23N3O/c1-11-8-9-13(14(10-11)18-16)15(19)17-12-6-4-2-3-5-7-12/h8-10,12,18H,2-7,16H2,1H3,(H,17,19). The van der Waals surface area contributed by atoms with Gasteiger partial charge in [0.1, 0.15) is 0 Å². The maximum Gasteiger partial charge on any atom is 0.253 e. The van der Waals surface area contributed by atoms with Gasteiger partial charge in [0, 0.05) is 6.04 Å². The average molecular weight is 261 g/mol. The van der Waals surface area contributed by atoms with E-state index in [2.05, 4.69) is 10.7 Å². The molecule has 0 spiro atoms. The largest absolute Gasteiger partial charge is 0.349 e. The highest BCUT2D eigenvalue weighted by Crippen LogP contribution is 2.20. The van der Waals surface area contributed by atoms with Gasteiger partial charge in [-0.2, -0.15) is 0 Å². The summed E-state index contributed by atoms with van der Waals surface area (Å²) in [6.45, 7) is 1.98. The predicted octanol–water partition coefficient (Wildman–Crippen LogP) is 2.73. The van der Waals surface area contributed by atoms with Crippen molar-refractivity contribution in [3.8, 4) is 0 Å². The number of benzene rings is 1. The number of hydrogen-bond acceptors (Lipinski definition) is 3. The van der Waals surface area contributed by atoms with Gasteiger partial charge in [-0.15, -0.1) is 0 Å². The lowest BCUT2D eigenvalue weighted by molar-refractivity contribution is 0.0934. The molecule has 1 amide bonds. The topological polar surface area (TPSA) is 67.2 Å². The number of nitrogens with one attached hydrogen (secondary N) is 2. The van der Waals surface area contributed by atoms with E-state index in [0.29, 0.717) is 17.3 Å². The quantitative estimate of drug-likeness (QED) is 0.445. The molecule has 1 fully saturated rings. The molecule has 2 rings (SSSR count). The number of nitrogens with two attached hydrogens (primary N) is 1. The maximum absolute atomic E-state index is 12.3. The van der Waals surface area contributed by atoms with E-state index in [1.165, 1.54) is 25.7 Å². The van der Waals surface area contributed by atoms with E-state index in [1.54, 1.807) is 0 Å². The van der Waals surface area contributed by atoms with Crippen LogP contribution in [-0.2, 0) is 0 Å². The van der Waals surface area contributed by atoms with E-state index < -0.39 is 0 Å². The number of nitrogen functional groups attached to an aromatic ring is 1. The number of amides is 1. The van der Waals surface area contributed by atoms with Crippen molar-refractivity contribution in [3.05, 3.63) is 29.3 Å². The Labute approximate surface area is 114 Å². The van der Waals surface area contributed by atoms with Crippen molar-refractivity contribution in [2.45, 2.75) is 51.5 Å². The summed E-state index contributed by atoms with van der Waals surface area (Å²) in [5.74, 6) is 5.46. The molecule has 0 heterocycles. The van der Waals surface area contributed by atoms with Gasteiger partial charge in [0.25, 0.3) is 5.91 Å². The first-order valence-electron chi connectivity index (χ1n) is 7.09. The molecule has 19 heavy (non-hydrogen) atoms. The molecule has 1 aliphatic rings. The molecule has 1 aliphatic carbocycles. The summed E-state index contributed by atoms with van der Waals surface area (Å²) >= 11 is 0. The smallest absolute Gasteiger partial charge is 0.253 e. The van der Waals surface area contributed by atoms with Crippen LogP contribution in [0.25, 0.3) is 0 Å². The lowest BCUT2D eigenvalue weighted by atomic mass is 10.1. The van der Waals surface area contributed by atoms with Crippen molar-refractivity contribution in [1.82, 2.24) is 5.32 Å². The lowest BCUT2D eigenvalue weighted by Crippen LogP contribution is -2.35. The minimum atomic E-state index is -0.0279. The molecule has 0 aliphatic heterocycles. The van der Waals surface area contributed by atoms with Gasteiger partial charge in [-0.1, -0.05) is 31.7 Å². The first kappa shape index (κ1) is 13.9. The van der Waals surface area contributed by atoms with E-state index in [0.717, 1.165) is 18.4 Å². The summed E-state index contributed by atoms with van der Waals surface area (Å²) in [4.78, 5) is 12.3.